The molecule has 0 amide bonds. The lowest BCUT2D eigenvalue weighted by Crippen LogP contribution is -1.87. The Kier molecular flexibility index (Phi) is 2.97. The average Bonchev–Trinajstić information content (AvgIpc) is 2.69. The molecule has 1 aromatic carbocycles. The van der Waals surface area contributed by atoms with Crippen LogP contribution >= 0.6 is 11.8 Å². The second-order valence-electron chi connectivity index (χ2n) is 3.35. The van der Waals surface area contributed by atoms with E-state index in [1.165, 1.54) is 10.5 Å². The van der Waals surface area contributed by atoms with Crippen molar-refractivity contribution in [2.75, 3.05) is 5.73 Å². The third-order valence-electron chi connectivity index (χ3n) is 2.08. The maximum Gasteiger partial charge on any atom is 0.127 e. The van der Waals surface area contributed by atoms with E-state index in [4.69, 9.17) is 10.3 Å². The first-order valence-corrected chi connectivity index (χ1v) is 5.61. The summed E-state index contributed by atoms with van der Waals surface area (Å²) in [5, 5.41) is 3.66. The normalized spacial score (nSPS) is 10.5. The largest absolute Gasteiger partial charge is 0.399 e. The van der Waals surface area contributed by atoms with E-state index in [1.807, 2.05) is 18.2 Å². The van der Waals surface area contributed by atoms with Gasteiger partial charge in [-0.15, -0.1) is 11.8 Å². The van der Waals surface area contributed by atoms with Gasteiger partial charge in [-0.3, -0.25) is 0 Å². The fourth-order valence-corrected chi connectivity index (χ4v) is 2.21. The number of hydrogen-bond acceptors (Lipinski definition) is 4. The molecule has 78 valence electrons. The van der Waals surface area contributed by atoms with E-state index >= 15 is 0 Å². The first-order chi connectivity index (χ1) is 7.25. The molecule has 4 heteroatoms. The number of rotatable bonds is 3. The summed E-state index contributed by atoms with van der Waals surface area (Å²) in [5.41, 5.74) is 8.79. The summed E-state index contributed by atoms with van der Waals surface area (Å²) < 4.78 is 4.77. The molecule has 0 saturated carbocycles. The Morgan fingerprint density at radius 3 is 3.00 bits per heavy atom. The van der Waals surface area contributed by atoms with E-state index in [1.54, 1.807) is 24.2 Å². The first-order valence-electron chi connectivity index (χ1n) is 4.63. The Labute approximate surface area is 92.6 Å². The lowest BCUT2D eigenvalue weighted by molar-refractivity contribution is 0.419. The monoisotopic (exact) mass is 220 g/mol. The Morgan fingerprint density at radius 1 is 1.47 bits per heavy atom. The van der Waals surface area contributed by atoms with Crippen molar-refractivity contribution < 1.29 is 4.52 Å². The molecule has 1 aromatic heterocycles. The highest BCUT2D eigenvalue weighted by molar-refractivity contribution is 7.98. The van der Waals surface area contributed by atoms with Crippen molar-refractivity contribution in [1.29, 1.82) is 0 Å². The zero-order valence-electron chi connectivity index (χ0n) is 8.43. The van der Waals surface area contributed by atoms with Gasteiger partial charge in [0.05, 0.1) is 6.20 Å². The molecule has 2 N–H and O–H groups in total. The highest BCUT2D eigenvalue weighted by atomic mass is 32.2. The summed E-state index contributed by atoms with van der Waals surface area (Å²) in [6, 6.07) is 5.95. The molecule has 0 bridgehead atoms. The van der Waals surface area contributed by atoms with Gasteiger partial charge < -0.3 is 10.3 Å². The summed E-state index contributed by atoms with van der Waals surface area (Å²) >= 11 is 1.76. The molecular formula is C11H12N2OS. The summed E-state index contributed by atoms with van der Waals surface area (Å²) in [4.78, 5) is 1.24. The van der Waals surface area contributed by atoms with Gasteiger partial charge in [0.1, 0.15) is 6.26 Å². The number of aromatic nitrogens is 1. The maximum absolute atomic E-state index is 5.68. The standard InChI is InChI=1S/C11H12N2OS/c1-8-4-10(12)2-3-11(8)15-7-9-5-13-14-6-9/h2-6H,7,12H2,1H3. The molecule has 0 spiro atoms. The number of anilines is 1. The minimum atomic E-state index is 0.807. The maximum atomic E-state index is 5.68. The summed E-state index contributed by atoms with van der Waals surface area (Å²) in [6.45, 7) is 2.06. The number of nitrogens with two attached hydrogens (primary N) is 1. The number of aryl methyl sites for hydroxylation is 1. The van der Waals surface area contributed by atoms with E-state index in [9.17, 15) is 0 Å². The van der Waals surface area contributed by atoms with Crippen molar-refractivity contribution in [3.63, 3.8) is 0 Å². The summed E-state index contributed by atoms with van der Waals surface area (Å²) in [5.74, 6) is 0.869. The van der Waals surface area contributed by atoms with Crippen LogP contribution in [0.3, 0.4) is 0 Å². The van der Waals surface area contributed by atoms with Gasteiger partial charge >= 0.3 is 0 Å². The number of nitrogen functional groups attached to an aromatic ring is 1. The van der Waals surface area contributed by atoms with Crippen LogP contribution in [0.15, 0.2) is 40.1 Å². The van der Waals surface area contributed by atoms with Crippen LogP contribution in [-0.2, 0) is 5.75 Å². The van der Waals surface area contributed by atoms with Crippen LogP contribution in [0.4, 0.5) is 5.69 Å². The molecule has 2 rings (SSSR count). The molecule has 15 heavy (non-hydrogen) atoms. The Morgan fingerprint density at radius 2 is 2.33 bits per heavy atom. The quantitative estimate of drug-likeness (QED) is 0.638. The predicted molar refractivity (Wildman–Crippen MR) is 61.7 cm³/mol. The fourth-order valence-electron chi connectivity index (χ4n) is 1.29. The van der Waals surface area contributed by atoms with Crippen LogP contribution in [-0.4, -0.2) is 5.16 Å². The smallest absolute Gasteiger partial charge is 0.127 e. The Bertz CT molecular complexity index is 440. The summed E-state index contributed by atoms with van der Waals surface area (Å²) in [6.07, 6.45) is 3.40. The molecule has 0 fully saturated rings. The van der Waals surface area contributed by atoms with Gasteiger partial charge in [-0.2, -0.15) is 0 Å². The van der Waals surface area contributed by atoms with Crippen LogP contribution in [0, 0.1) is 6.92 Å². The second-order valence-corrected chi connectivity index (χ2v) is 4.36. The van der Waals surface area contributed by atoms with Gasteiger partial charge in [0, 0.05) is 21.9 Å². The number of nitrogens with zero attached hydrogens (tertiary/aromatic N) is 1. The molecule has 0 saturated heterocycles. The molecule has 0 unspecified atom stereocenters. The molecule has 0 aliphatic carbocycles. The van der Waals surface area contributed by atoms with Crippen molar-refractivity contribution >= 4 is 17.4 Å². The van der Waals surface area contributed by atoms with E-state index in [0.717, 1.165) is 17.0 Å². The van der Waals surface area contributed by atoms with Crippen molar-refractivity contribution in [2.45, 2.75) is 17.6 Å². The third-order valence-corrected chi connectivity index (χ3v) is 3.32. The lowest BCUT2D eigenvalue weighted by Gasteiger charge is -2.04. The molecule has 1 heterocycles. The summed E-state index contributed by atoms with van der Waals surface area (Å²) in [7, 11) is 0. The minimum absolute atomic E-state index is 0.807. The number of benzene rings is 1. The Balaban J connectivity index is 2.05. The number of thioether (sulfide) groups is 1. The van der Waals surface area contributed by atoms with Crippen LogP contribution < -0.4 is 5.73 Å². The predicted octanol–water partition coefficient (Wildman–Crippen LogP) is 2.86. The van der Waals surface area contributed by atoms with Crippen molar-refractivity contribution in [1.82, 2.24) is 5.16 Å². The van der Waals surface area contributed by atoms with Gasteiger partial charge in [-0.1, -0.05) is 5.16 Å². The third kappa shape index (κ3) is 2.53. The number of hydrogen-bond donors (Lipinski definition) is 1. The molecule has 0 atom stereocenters. The zero-order chi connectivity index (χ0) is 10.7. The van der Waals surface area contributed by atoms with Crippen LogP contribution in [0.25, 0.3) is 0 Å². The molecule has 3 nitrogen and oxygen atoms in total. The van der Waals surface area contributed by atoms with Crippen LogP contribution in [0.1, 0.15) is 11.1 Å². The molecule has 0 radical (unpaired) electrons. The van der Waals surface area contributed by atoms with E-state index in [-0.39, 0.29) is 0 Å². The van der Waals surface area contributed by atoms with Crippen molar-refractivity contribution in [3.8, 4) is 0 Å². The highest BCUT2D eigenvalue weighted by Gasteiger charge is 2.01. The van der Waals surface area contributed by atoms with E-state index in [2.05, 4.69) is 12.1 Å². The molecular weight excluding hydrogens is 208 g/mol. The lowest BCUT2D eigenvalue weighted by atomic mass is 10.2. The molecule has 2 aromatic rings. The first kappa shape index (κ1) is 10.1. The second kappa shape index (κ2) is 4.40. The SMILES string of the molecule is Cc1cc(N)ccc1SCc1cnoc1. The zero-order valence-corrected chi connectivity index (χ0v) is 9.25. The fraction of sp³-hybridized carbons (Fsp3) is 0.182. The molecule has 0 aliphatic rings. The topological polar surface area (TPSA) is 52.0 Å². The van der Waals surface area contributed by atoms with Gasteiger partial charge in [-0.05, 0) is 30.7 Å². The van der Waals surface area contributed by atoms with Gasteiger partial charge in [0.15, 0.2) is 0 Å². The van der Waals surface area contributed by atoms with Crippen molar-refractivity contribution in [3.05, 3.63) is 41.8 Å². The Hall–Kier alpha value is -1.42. The van der Waals surface area contributed by atoms with E-state index in [0.29, 0.717) is 0 Å². The van der Waals surface area contributed by atoms with Crippen LogP contribution in [0.2, 0.25) is 0 Å². The molecule has 0 aliphatic heterocycles. The average molecular weight is 220 g/mol. The van der Waals surface area contributed by atoms with E-state index < -0.39 is 0 Å². The van der Waals surface area contributed by atoms with Crippen LogP contribution in [0.5, 0.6) is 0 Å². The minimum Gasteiger partial charge on any atom is -0.399 e. The highest BCUT2D eigenvalue weighted by Crippen LogP contribution is 2.26. The van der Waals surface area contributed by atoms with Gasteiger partial charge in [0.25, 0.3) is 0 Å². The van der Waals surface area contributed by atoms with Gasteiger partial charge in [-0.25, -0.2) is 0 Å². The van der Waals surface area contributed by atoms with Gasteiger partial charge in [0.2, 0.25) is 0 Å². The van der Waals surface area contributed by atoms with Crippen molar-refractivity contribution in [2.24, 2.45) is 0 Å².